The fourth-order valence-electron chi connectivity index (χ4n) is 3.03. The highest BCUT2D eigenvalue weighted by Gasteiger charge is 2.16. The maximum Gasteiger partial charge on any atom is 0.0776 e. The van der Waals surface area contributed by atoms with E-state index in [1.807, 2.05) is 0 Å². The molecule has 0 aliphatic rings. The van der Waals surface area contributed by atoms with E-state index in [2.05, 4.69) is 88.1 Å². The van der Waals surface area contributed by atoms with Gasteiger partial charge in [0.1, 0.15) is 0 Å². The van der Waals surface area contributed by atoms with Gasteiger partial charge in [0.25, 0.3) is 0 Å². The summed E-state index contributed by atoms with van der Waals surface area (Å²) in [5, 5.41) is 4.21. The molecule has 0 aliphatic carbocycles. The minimum Gasteiger partial charge on any atom is -0.0656 e. The average Bonchev–Trinajstić information content (AvgIpc) is 2.44. The molecule has 3 aromatic carbocycles. The monoisotopic (exact) mass is 304 g/mol. The molecule has 0 heterocycles. The number of rotatable bonds is 2. The first-order valence-electron chi connectivity index (χ1n) is 7.96. The van der Waals surface area contributed by atoms with E-state index < -0.39 is 8.07 Å². The number of hydrogen-bond acceptors (Lipinski definition) is 0. The third-order valence-corrected chi connectivity index (χ3v) is 6.30. The van der Waals surface area contributed by atoms with Gasteiger partial charge in [-0.2, -0.15) is 0 Å². The van der Waals surface area contributed by atoms with Crippen LogP contribution in [0.4, 0.5) is 0 Å². The van der Waals surface area contributed by atoms with Crippen molar-refractivity contribution in [2.24, 2.45) is 0 Å². The van der Waals surface area contributed by atoms with Crippen LogP contribution in [0.2, 0.25) is 19.6 Å². The van der Waals surface area contributed by atoms with Gasteiger partial charge in [-0.3, -0.25) is 0 Å². The van der Waals surface area contributed by atoms with Crippen LogP contribution in [0, 0.1) is 13.8 Å². The highest BCUT2D eigenvalue weighted by Crippen LogP contribution is 2.26. The zero-order valence-electron chi connectivity index (χ0n) is 14.2. The van der Waals surface area contributed by atoms with Gasteiger partial charge in [0.15, 0.2) is 0 Å². The van der Waals surface area contributed by atoms with E-state index in [0.717, 1.165) is 0 Å². The second kappa shape index (κ2) is 5.40. The summed E-state index contributed by atoms with van der Waals surface area (Å²) in [7, 11) is -1.24. The Hall–Kier alpha value is -1.86. The molecule has 0 N–H and O–H groups in total. The lowest BCUT2D eigenvalue weighted by Gasteiger charge is -2.17. The van der Waals surface area contributed by atoms with Crippen LogP contribution in [-0.4, -0.2) is 8.07 Å². The van der Waals surface area contributed by atoms with Crippen molar-refractivity contribution in [2.45, 2.75) is 33.5 Å². The molecule has 1 heteroatoms. The molecule has 0 atom stereocenters. The standard InChI is InChI=1S/C21H24Si/c1-15-10-16(2)12-20(11-15)18-6-7-19-14-21(22(3,4)5)9-8-17(19)13-18/h6-14H,1-5H3. The Morgan fingerprint density at radius 3 is 1.82 bits per heavy atom. The molecule has 0 unspecified atom stereocenters. The first kappa shape index (κ1) is 15.0. The molecule has 0 aromatic heterocycles. The average molecular weight is 305 g/mol. The smallest absolute Gasteiger partial charge is 0.0656 e. The summed E-state index contributed by atoms with van der Waals surface area (Å²) in [6.07, 6.45) is 0. The van der Waals surface area contributed by atoms with Gasteiger partial charge in [-0.05, 0) is 41.8 Å². The summed E-state index contributed by atoms with van der Waals surface area (Å²) in [5.74, 6) is 0. The number of benzene rings is 3. The van der Waals surface area contributed by atoms with E-state index in [1.54, 1.807) is 0 Å². The van der Waals surface area contributed by atoms with Crippen molar-refractivity contribution in [1.29, 1.82) is 0 Å². The number of hydrogen-bond donors (Lipinski definition) is 0. The number of fused-ring (bicyclic) bond motifs is 1. The van der Waals surface area contributed by atoms with Crippen molar-refractivity contribution < 1.29 is 0 Å². The molecule has 3 aromatic rings. The zero-order chi connectivity index (χ0) is 15.9. The molecule has 0 saturated carbocycles. The largest absolute Gasteiger partial charge is 0.0776 e. The molecular formula is C21H24Si. The Bertz CT molecular complexity index is 818. The quantitative estimate of drug-likeness (QED) is 0.535. The van der Waals surface area contributed by atoms with Crippen molar-refractivity contribution in [3.63, 3.8) is 0 Å². The molecule has 0 bridgehead atoms. The molecule has 0 aliphatic heterocycles. The Morgan fingerprint density at radius 1 is 0.591 bits per heavy atom. The van der Waals surface area contributed by atoms with Gasteiger partial charge in [-0.1, -0.05) is 84.5 Å². The normalized spacial score (nSPS) is 11.9. The van der Waals surface area contributed by atoms with Crippen LogP contribution in [0.5, 0.6) is 0 Å². The summed E-state index contributed by atoms with van der Waals surface area (Å²) in [4.78, 5) is 0. The molecule has 0 fully saturated rings. The van der Waals surface area contributed by atoms with Gasteiger partial charge in [0, 0.05) is 0 Å². The van der Waals surface area contributed by atoms with Crippen LogP contribution >= 0.6 is 0 Å². The van der Waals surface area contributed by atoms with Crippen LogP contribution in [0.3, 0.4) is 0 Å². The van der Waals surface area contributed by atoms with Gasteiger partial charge in [-0.15, -0.1) is 0 Å². The van der Waals surface area contributed by atoms with Crippen molar-refractivity contribution >= 4 is 24.0 Å². The Morgan fingerprint density at radius 2 is 1.18 bits per heavy atom. The topological polar surface area (TPSA) is 0 Å². The van der Waals surface area contributed by atoms with Gasteiger partial charge in [-0.25, -0.2) is 0 Å². The predicted octanol–water partition coefficient (Wildman–Crippen LogP) is 5.67. The maximum atomic E-state index is 2.40. The third-order valence-electron chi connectivity index (χ3n) is 4.26. The molecule has 0 nitrogen and oxygen atoms in total. The van der Waals surface area contributed by atoms with E-state index in [4.69, 9.17) is 0 Å². The summed E-state index contributed by atoms with van der Waals surface area (Å²) in [6.45, 7) is 11.5. The van der Waals surface area contributed by atoms with Crippen LogP contribution in [-0.2, 0) is 0 Å². The molecular weight excluding hydrogens is 280 g/mol. The van der Waals surface area contributed by atoms with Gasteiger partial charge < -0.3 is 0 Å². The Balaban J connectivity index is 2.10. The summed E-state index contributed by atoms with van der Waals surface area (Å²) >= 11 is 0. The van der Waals surface area contributed by atoms with E-state index in [0.29, 0.717) is 0 Å². The van der Waals surface area contributed by atoms with E-state index >= 15 is 0 Å². The molecule has 3 rings (SSSR count). The van der Waals surface area contributed by atoms with Gasteiger partial charge in [0.05, 0.1) is 8.07 Å². The maximum absolute atomic E-state index is 2.40. The highest BCUT2D eigenvalue weighted by molar-refractivity contribution is 6.88. The fraction of sp³-hybridized carbons (Fsp3) is 0.238. The highest BCUT2D eigenvalue weighted by atomic mass is 28.3. The third kappa shape index (κ3) is 3.00. The predicted molar refractivity (Wildman–Crippen MR) is 102 cm³/mol. The van der Waals surface area contributed by atoms with Crippen molar-refractivity contribution in [3.8, 4) is 11.1 Å². The van der Waals surface area contributed by atoms with E-state index in [-0.39, 0.29) is 0 Å². The summed E-state index contributed by atoms with van der Waals surface area (Å²) in [6, 6.07) is 20.6. The van der Waals surface area contributed by atoms with Crippen LogP contribution in [0.25, 0.3) is 21.9 Å². The van der Waals surface area contributed by atoms with Crippen LogP contribution in [0.1, 0.15) is 11.1 Å². The lowest BCUT2D eigenvalue weighted by Crippen LogP contribution is -2.37. The second-order valence-corrected chi connectivity index (χ2v) is 12.5. The SMILES string of the molecule is Cc1cc(C)cc(-c2ccc3cc([Si](C)(C)C)ccc3c2)c1. The number of aryl methyl sites for hydroxylation is 2. The van der Waals surface area contributed by atoms with E-state index in [1.165, 1.54) is 38.2 Å². The van der Waals surface area contributed by atoms with E-state index in [9.17, 15) is 0 Å². The molecule has 112 valence electrons. The van der Waals surface area contributed by atoms with Crippen LogP contribution < -0.4 is 5.19 Å². The van der Waals surface area contributed by atoms with Crippen molar-refractivity contribution in [3.05, 3.63) is 65.7 Å². The minimum absolute atomic E-state index is 1.24. The molecule has 0 spiro atoms. The Kier molecular flexibility index (Phi) is 3.70. The Labute approximate surface area is 134 Å². The van der Waals surface area contributed by atoms with Crippen molar-refractivity contribution in [2.75, 3.05) is 0 Å². The summed E-state index contributed by atoms with van der Waals surface area (Å²) in [5.41, 5.74) is 5.27. The fourth-order valence-corrected chi connectivity index (χ4v) is 4.21. The molecule has 0 amide bonds. The lowest BCUT2D eigenvalue weighted by atomic mass is 9.98. The zero-order valence-corrected chi connectivity index (χ0v) is 15.2. The van der Waals surface area contributed by atoms with Gasteiger partial charge in [0.2, 0.25) is 0 Å². The molecule has 0 radical (unpaired) electrons. The molecule has 0 saturated heterocycles. The van der Waals surface area contributed by atoms with Gasteiger partial charge >= 0.3 is 0 Å². The first-order valence-corrected chi connectivity index (χ1v) is 11.5. The van der Waals surface area contributed by atoms with Crippen molar-refractivity contribution in [1.82, 2.24) is 0 Å². The first-order chi connectivity index (χ1) is 10.3. The minimum atomic E-state index is -1.24. The second-order valence-electron chi connectivity index (χ2n) is 7.40. The summed E-state index contributed by atoms with van der Waals surface area (Å²) < 4.78 is 0. The lowest BCUT2D eigenvalue weighted by molar-refractivity contribution is 1.38. The molecule has 22 heavy (non-hydrogen) atoms. The van der Waals surface area contributed by atoms with Crippen LogP contribution in [0.15, 0.2) is 54.6 Å².